The van der Waals surface area contributed by atoms with Crippen molar-refractivity contribution >= 4 is 29.5 Å². The number of carbonyl (C=O) groups is 3. The van der Waals surface area contributed by atoms with Crippen LogP contribution < -0.4 is 10.6 Å². The number of carbonyl (C=O) groups excluding carboxylic acids is 3. The second-order valence-electron chi connectivity index (χ2n) is 9.85. The Balaban J connectivity index is 1.51. The van der Waals surface area contributed by atoms with Gasteiger partial charge in [-0.3, -0.25) is 14.4 Å². The molecule has 4 rings (SSSR count). The van der Waals surface area contributed by atoms with Crippen molar-refractivity contribution in [2.45, 2.75) is 69.8 Å². The smallest absolute Gasteiger partial charge is 0.256 e. The lowest BCUT2D eigenvalue weighted by atomic mass is 9.95. The molecule has 3 amide bonds. The summed E-state index contributed by atoms with van der Waals surface area (Å²) in [5.41, 5.74) is 3.77. The van der Waals surface area contributed by atoms with E-state index >= 15 is 0 Å². The normalized spacial score (nSPS) is 22.0. The van der Waals surface area contributed by atoms with E-state index in [0.717, 1.165) is 23.1 Å². The van der Waals surface area contributed by atoms with Crippen LogP contribution in [0.2, 0.25) is 0 Å². The summed E-state index contributed by atoms with van der Waals surface area (Å²) in [4.78, 5) is 41.7. The van der Waals surface area contributed by atoms with Crippen molar-refractivity contribution in [1.82, 2.24) is 15.5 Å². The molecule has 2 aromatic rings. The van der Waals surface area contributed by atoms with Gasteiger partial charge in [-0.05, 0) is 43.9 Å². The quantitative estimate of drug-likeness (QED) is 0.624. The lowest BCUT2D eigenvalue weighted by Crippen LogP contribution is -2.58. The molecule has 2 aliphatic heterocycles. The van der Waals surface area contributed by atoms with E-state index in [0.29, 0.717) is 12.1 Å². The molecule has 0 aromatic heterocycles. The number of thioether (sulfide) groups is 1. The van der Waals surface area contributed by atoms with E-state index in [9.17, 15) is 14.4 Å². The monoisotopic (exact) mass is 479 g/mol. The average Bonchev–Trinajstić information content (AvgIpc) is 3.25. The summed E-state index contributed by atoms with van der Waals surface area (Å²) in [5.74, 6) is -0.666. The Hall–Kier alpha value is -2.80. The van der Waals surface area contributed by atoms with E-state index < -0.39 is 16.8 Å². The Kier molecular flexibility index (Phi) is 6.76. The molecule has 0 saturated carbocycles. The van der Waals surface area contributed by atoms with Gasteiger partial charge in [0.15, 0.2) is 0 Å². The molecule has 4 atom stereocenters. The van der Waals surface area contributed by atoms with Crippen LogP contribution in [0.5, 0.6) is 0 Å². The van der Waals surface area contributed by atoms with E-state index in [-0.39, 0.29) is 29.0 Å². The number of nitrogens with zero attached hydrogens (tertiary/aromatic N) is 1. The van der Waals surface area contributed by atoms with Gasteiger partial charge < -0.3 is 15.5 Å². The molecular formula is C27H33N3O3S. The Morgan fingerprint density at radius 3 is 2.47 bits per heavy atom. The minimum absolute atomic E-state index is 0.0543. The zero-order valence-corrected chi connectivity index (χ0v) is 21.2. The van der Waals surface area contributed by atoms with Crippen LogP contribution >= 0.6 is 11.8 Å². The zero-order chi connectivity index (χ0) is 24.6. The first-order valence-electron chi connectivity index (χ1n) is 11.9. The Bertz CT molecular complexity index is 1100. The van der Waals surface area contributed by atoms with Crippen molar-refractivity contribution in [3.8, 4) is 0 Å². The van der Waals surface area contributed by atoms with Crippen LogP contribution in [0.3, 0.4) is 0 Å². The molecule has 1 saturated heterocycles. The maximum Gasteiger partial charge on any atom is 0.256 e. The van der Waals surface area contributed by atoms with E-state index in [4.69, 9.17) is 0 Å². The van der Waals surface area contributed by atoms with Gasteiger partial charge in [0, 0.05) is 16.9 Å². The molecule has 0 unspecified atom stereocenters. The number of aryl methyl sites for hydroxylation is 1. The number of rotatable bonds is 7. The van der Waals surface area contributed by atoms with E-state index in [1.807, 2.05) is 83.1 Å². The van der Waals surface area contributed by atoms with Crippen LogP contribution in [0.4, 0.5) is 0 Å². The fourth-order valence-corrected chi connectivity index (χ4v) is 6.33. The minimum atomic E-state index is -0.678. The predicted molar refractivity (Wildman–Crippen MR) is 135 cm³/mol. The molecule has 0 spiro atoms. The van der Waals surface area contributed by atoms with Gasteiger partial charge in [-0.25, -0.2) is 0 Å². The Labute approximate surface area is 205 Å². The van der Waals surface area contributed by atoms with Crippen LogP contribution in [-0.4, -0.2) is 39.5 Å². The molecule has 180 valence electrons. The molecule has 2 aliphatic rings. The predicted octanol–water partition coefficient (Wildman–Crippen LogP) is 4.19. The Morgan fingerprint density at radius 2 is 1.79 bits per heavy atom. The molecule has 7 heteroatoms. The maximum absolute atomic E-state index is 13.6. The van der Waals surface area contributed by atoms with Crippen molar-refractivity contribution in [1.29, 1.82) is 0 Å². The van der Waals surface area contributed by atoms with Gasteiger partial charge in [0.2, 0.25) is 11.8 Å². The lowest BCUT2D eigenvalue weighted by molar-refractivity contribution is -0.133. The van der Waals surface area contributed by atoms with Crippen LogP contribution in [-0.2, 0) is 16.1 Å². The largest absolute Gasteiger partial charge is 0.350 e. The van der Waals surface area contributed by atoms with E-state index in [2.05, 4.69) is 10.6 Å². The van der Waals surface area contributed by atoms with Crippen molar-refractivity contribution < 1.29 is 14.4 Å². The van der Waals surface area contributed by atoms with Gasteiger partial charge in [0.25, 0.3) is 5.91 Å². The highest BCUT2D eigenvalue weighted by atomic mass is 32.2. The first kappa shape index (κ1) is 24.3. The molecular weight excluding hydrogens is 446 g/mol. The van der Waals surface area contributed by atoms with Gasteiger partial charge >= 0.3 is 0 Å². The summed E-state index contributed by atoms with van der Waals surface area (Å²) in [6.07, 6.45) is 0.739. The molecule has 0 bridgehead atoms. The molecule has 6 nitrogen and oxygen atoms in total. The molecule has 1 fully saturated rings. The summed E-state index contributed by atoms with van der Waals surface area (Å²) in [5, 5.41) is 5.80. The Morgan fingerprint density at radius 1 is 1.12 bits per heavy atom. The third-order valence-corrected chi connectivity index (χ3v) is 8.46. The topological polar surface area (TPSA) is 78.5 Å². The average molecular weight is 480 g/mol. The number of hydrogen-bond acceptors (Lipinski definition) is 4. The number of hydrogen-bond donors (Lipinski definition) is 2. The molecule has 34 heavy (non-hydrogen) atoms. The van der Waals surface area contributed by atoms with Gasteiger partial charge in [-0.15, -0.1) is 11.8 Å². The SMILES string of the molecule is CC[C@H](C)[C@H](NC(=O)[C@H]1N2C(=O)c3ccccc3[C@H]2SC1(C)C)C(=O)NCc1ccc(C)cc1. The summed E-state index contributed by atoms with van der Waals surface area (Å²) in [6.45, 7) is 10.4. The van der Waals surface area contributed by atoms with Crippen molar-refractivity contribution in [2.75, 3.05) is 0 Å². The fraction of sp³-hybridized carbons (Fsp3) is 0.444. The highest BCUT2D eigenvalue weighted by Crippen LogP contribution is 2.56. The summed E-state index contributed by atoms with van der Waals surface area (Å²) < 4.78 is -0.490. The van der Waals surface area contributed by atoms with Crippen molar-refractivity contribution in [3.63, 3.8) is 0 Å². The highest BCUT2D eigenvalue weighted by Gasteiger charge is 2.57. The standard InChI is InChI=1S/C27H33N3O3S/c1-6-17(3)21(23(31)28-15-18-13-11-16(2)12-14-18)29-24(32)22-27(4,5)34-26-20-10-8-7-9-19(20)25(33)30(22)26/h7-14,17,21-22,26H,6,15H2,1-5H3,(H,28,31)(H,29,32)/t17-,21-,22+,26+/m0/s1. The van der Waals surface area contributed by atoms with Crippen molar-refractivity contribution in [2.24, 2.45) is 5.92 Å². The van der Waals surface area contributed by atoms with Gasteiger partial charge in [-0.1, -0.05) is 68.3 Å². The van der Waals surface area contributed by atoms with Gasteiger partial charge in [0.1, 0.15) is 17.5 Å². The third kappa shape index (κ3) is 4.45. The zero-order valence-electron chi connectivity index (χ0n) is 20.4. The molecule has 0 aliphatic carbocycles. The number of amides is 3. The summed E-state index contributed by atoms with van der Waals surface area (Å²) >= 11 is 1.62. The number of fused-ring (bicyclic) bond motifs is 3. The van der Waals surface area contributed by atoms with Crippen LogP contribution in [0.1, 0.15) is 66.5 Å². The summed E-state index contributed by atoms with van der Waals surface area (Å²) in [7, 11) is 0. The van der Waals surface area contributed by atoms with Crippen LogP contribution in [0, 0.1) is 12.8 Å². The van der Waals surface area contributed by atoms with Gasteiger partial charge in [-0.2, -0.15) is 0 Å². The van der Waals surface area contributed by atoms with Crippen LogP contribution in [0.15, 0.2) is 48.5 Å². The first-order valence-corrected chi connectivity index (χ1v) is 12.7. The molecule has 2 aromatic carbocycles. The highest BCUT2D eigenvalue weighted by molar-refractivity contribution is 8.01. The molecule has 2 heterocycles. The lowest BCUT2D eigenvalue weighted by Gasteiger charge is -2.32. The first-order chi connectivity index (χ1) is 16.1. The fourth-order valence-electron chi connectivity index (χ4n) is 4.74. The second-order valence-corrected chi connectivity index (χ2v) is 11.6. The second kappa shape index (κ2) is 9.45. The number of benzene rings is 2. The third-order valence-electron chi connectivity index (χ3n) is 6.93. The number of nitrogens with one attached hydrogen (secondary N) is 2. The summed E-state index contributed by atoms with van der Waals surface area (Å²) in [6, 6.07) is 14.2. The minimum Gasteiger partial charge on any atom is -0.350 e. The van der Waals surface area contributed by atoms with Gasteiger partial charge in [0.05, 0.1) is 0 Å². The molecule has 0 radical (unpaired) electrons. The van der Waals surface area contributed by atoms with E-state index in [1.165, 1.54) is 0 Å². The van der Waals surface area contributed by atoms with Crippen LogP contribution in [0.25, 0.3) is 0 Å². The molecule has 2 N–H and O–H groups in total. The van der Waals surface area contributed by atoms with Crippen molar-refractivity contribution in [3.05, 3.63) is 70.8 Å². The van der Waals surface area contributed by atoms with E-state index in [1.54, 1.807) is 16.7 Å². The maximum atomic E-state index is 13.6.